The fraction of sp³-hybridized carbons (Fsp3) is 0.500. The molecule has 0 radical (unpaired) electrons. The molecule has 1 amide bonds. The second-order valence-electron chi connectivity index (χ2n) is 5.35. The van der Waals surface area contributed by atoms with Crippen molar-refractivity contribution in [2.24, 2.45) is 5.41 Å². The Kier molecular flexibility index (Phi) is 3.48. The summed E-state index contributed by atoms with van der Waals surface area (Å²) in [4.78, 5) is 12.1. The average molecular weight is 298 g/mol. The van der Waals surface area contributed by atoms with Crippen LogP contribution >= 0.6 is 11.6 Å². The Balaban J connectivity index is 1.67. The fourth-order valence-electron chi connectivity index (χ4n) is 2.40. The van der Waals surface area contributed by atoms with E-state index in [2.05, 4.69) is 5.32 Å². The van der Waals surface area contributed by atoms with E-state index in [1.165, 1.54) is 0 Å². The smallest absolute Gasteiger partial charge is 0.251 e. The van der Waals surface area contributed by atoms with Crippen molar-refractivity contribution >= 4 is 17.5 Å². The van der Waals surface area contributed by atoms with Crippen LogP contribution in [0.4, 0.5) is 0 Å². The highest BCUT2D eigenvalue weighted by molar-refractivity contribution is 6.32. The van der Waals surface area contributed by atoms with E-state index in [0.717, 1.165) is 19.3 Å². The van der Waals surface area contributed by atoms with Gasteiger partial charge in [0.05, 0.1) is 5.02 Å². The molecule has 0 bridgehead atoms. The molecular formula is C14H16ClNO4. The Labute approximate surface area is 121 Å². The first-order chi connectivity index (χ1) is 9.63. The zero-order valence-electron chi connectivity index (χ0n) is 10.9. The Bertz CT molecular complexity index is 542. The normalized spacial score (nSPS) is 17.9. The fourth-order valence-corrected chi connectivity index (χ4v) is 2.66. The molecule has 1 heterocycles. The van der Waals surface area contributed by atoms with Crippen LogP contribution in [0.25, 0.3) is 0 Å². The molecule has 0 spiro atoms. The molecule has 2 N–H and O–H groups in total. The van der Waals surface area contributed by atoms with Gasteiger partial charge in [-0.3, -0.25) is 4.79 Å². The molecular weight excluding hydrogens is 282 g/mol. The van der Waals surface area contributed by atoms with E-state index >= 15 is 0 Å². The molecule has 0 unspecified atom stereocenters. The molecule has 3 rings (SSSR count). The van der Waals surface area contributed by atoms with Gasteiger partial charge in [0.15, 0.2) is 11.5 Å². The summed E-state index contributed by atoms with van der Waals surface area (Å²) in [7, 11) is 0. The van der Waals surface area contributed by atoms with Crippen LogP contribution in [0.15, 0.2) is 12.1 Å². The number of benzene rings is 1. The van der Waals surface area contributed by atoms with Gasteiger partial charge in [-0.25, -0.2) is 0 Å². The maximum atomic E-state index is 12.1. The monoisotopic (exact) mass is 297 g/mol. The minimum absolute atomic E-state index is 0.0878. The molecule has 1 aromatic carbocycles. The molecule has 1 aliphatic heterocycles. The predicted molar refractivity (Wildman–Crippen MR) is 73.3 cm³/mol. The van der Waals surface area contributed by atoms with Gasteiger partial charge in [-0.05, 0) is 36.8 Å². The third-order valence-corrected chi connectivity index (χ3v) is 4.19. The SMILES string of the molecule is O=C(NCC1(CCO)CC1)c1cc(Cl)c2c(c1)OCO2. The van der Waals surface area contributed by atoms with Gasteiger partial charge in [-0.1, -0.05) is 11.6 Å². The third-order valence-electron chi connectivity index (χ3n) is 3.91. The maximum absolute atomic E-state index is 12.1. The number of fused-ring (bicyclic) bond motifs is 1. The molecule has 20 heavy (non-hydrogen) atoms. The van der Waals surface area contributed by atoms with E-state index < -0.39 is 0 Å². The number of hydrogen-bond donors (Lipinski definition) is 2. The number of hydrogen-bond acceptors (Lipinski definition) is 4. The maximum Gasteiger partial charge on any atom is 0.251 e. The quantitative estimate of drug-likeness (QED) is 0.872. The molecule has 5 nitrogen and oxygen atoms in total. The number of ether oxygens (including phenoxy) is 2. The van der Waals surface area contributed by atoms with Gasteiger partial charge in [0.2, 0.25) is 6.79 Å². The Hall–Kier alpha value is -1.46. The second kappa shape index (κ2) is 5.14. The summed E-state index contributed by atoms with van der Waals surface area (Å²) in [6.45, 7) is 0.865. The number of carbonyl (C=O) groups is 1. The van der Waals surface area contributed by atoms with E-state index in [-0.39, 0.29) is 24.7 Å². The van der Waals surface area contributed by atoms with Crippen molar-refractivity contribution in [1.29, 1.82) is 0 Å². The Morgan fingerprint density at radius 3 is 2.90 bits per heavy atom. The van der Waals surface area contributed by atoms with Crippen LogP contribution in [-0.4, -0.2) is 31.0 Å². The predicted octanol–water partition coefficient (Wildman–Crippen LogP) is 1.96. The first-order valence-corrected chi connectivity index (χ1v) is 7.00. The summed E-state index contributed by atoms with van der Waals surface area (Å²) in [5, 5.41) is 12.3. The van der Waals surface area contributed by atoms with Gasteiger partial charge < -0.3 is 19.9 Å². The number of aliphatic hydroxyl groups excluding tert-OH is 1. The van der Waals surface area contributed by atoms with Crippen molar-refractivity contribution in [1.82, 2.24) is 5.32 Å². The van der Waals surface area contributed by atoms with E-state index in [1.54, 1.807) is 12.1 Å². The molecule has 6 heteroatoms. The molecule has 1 aromatic rings. The summed E-state index contributed by atoms with van der Waals surface area (Å²) >= 11 is 6.05. The second-order valence-corrected chi connectivity index (χ2v) is 5.76. The van der Waals surface area contributed by atoms with Gasteiger partial charge in [-0.2, -0.15) is 0 Å². The summed E-state index contributed by atoms with van der Waals surface area (Å²) < 4.78 is 10.5. The van der Waals surface area contributed by atoms with Crippen molar-refractivity contribution in [3.63, 3.8) is 0 Å². The minimum atomic E-state index is -0.186. The van der Waals surface area contributed by atoms with Crippen LogP contribution in [0.3, 0.4) is 0 Å². The van der Waals surface area contributed by atoms with E-state index in [9.17, 15) is 4.79 Å². The lowest BCUT2D eigenvalue weighted by atomic mass is 10.0. The molecule has 0 saturated heterocycles. The Morgan fingerprint density at radius 2 is 2.20 bits per heavy atom. The highest BCUT2D eigenvalue weighted by Gasteiger charge is 2.41. The van der Waals surface area contributed by atoms with Crippen molar-refractivity contribution in [2.45, 2.75) is 19.3 Å². The van der Waals surface area contributed by atoms with E-state index in [1.807, 2.05) is 0 Å². The average Bonchev–Trinajstić information content (AvgIpc) is 3.02. The molecule has 0 aromatic heterocycles. The summed E-state index contributed by atoms with van der Waals surface area (Å²) in [5.74, 6) is 0.802. The standard InChI is InChI=1S/C14H16ClNO4/c15-10-5-9(6-11-12(10)20-8-19-11)13(18)16-7-14(1-2-14)3-4-17/h5-6,17H,1-4,7-8H2,(H,16,18). The number of halogens is 1. The summed E-state index contributed by atoms with van der Waals surface area (Å²) in [5.41, 5.74) is 0.545. The highest BCUT2D eigenvalue weighted by atomic mass is 35.5. The highest BCUT2D eigenvalue weighted by Crippen LogP contribution is 2.48. The van der Waals surface area contributed by atoms with Gasteiger partial charge in [-0.15, -0.1) is 0 Å². The van der Waals surface area contributed by atoms with Crippen LogP contribution < -0.4 is 14.8 Å². The van der Waals surface area contributed by atoms with Gasteiger partial charge in [0.25, 0.3) is 5.91 Å². The molecule has 1 saturated carbocycles. The van der Waals surface area contributed by atoms with Gasteiger partial charge in [0, 0.05) is 18.7 Å². The topological polar surface area (TPSA) is 67.8 Å². The lowest BCUT2D eigenvalue weighted by molar-refractivity contribution is 0.0940. The largest absolute Gasteiger partial charge is 0.454 e. The molecule has 0 atom stereocenters. The van der Waals surface area contributed by atoms with Crippen molar-refractivity contribution < 1.29 is 19.4 Å². The summed E-state index contributed by atoms with van der Waals surface area (Å²) in [6, 6.07) is 3.21. The zero-order chi connectivity index (χ0) is 14.2. The van der Waals surface area contributed by atoms with Crippen LogP contribution in [0.2, 0.25) is 5.02 Å². The summed E-state index contributed by atoms with van der Waals surface area (Å²) in [6.07, 6.45) is 2.83. The van der Waals surface area contributed by atoms with Gasteiger partial charge >= 0.3 is 0 Å². The molecule has 2 aliphatic rings. The van der Waals surface area contributed by atoms with Crippen LogP contribution in [0.5, 0.6) is 11.5 Å². The molecule has 1 aliphatic carbocycles. The van der Waals surface area contributed by atoms with Crippen LogP contribution in [0, 0.1) is 5.41 Å². The number of nitrogens with one attached hydrogen (secondary N) is 1. The van der Waals surface area contributed by atoms with E-state index in [4.69, 9.17) is 26.2 Å². The molecule has 108 valence electrons. The number of rotatable bonds is 5. The van der Waals surface area contributed by atoms with Crippen LogP contribution in [0.1, 0.15) is 29.6 Å². The van der Waals surface area contributed by atoms with Crippen molar-refractivity contribution in [3.8, 4) is 11.5 Å². The van der Waals surface area contributed by atoms with Crippen molar-refractivity contribution in [3.05, 3.63) is 22.7 Å². The third kappa shape index (κ3) is 2.55. The first-order valence-electron chi connectivity index (χ1n) is 6.62. The van der Waals surface area contributed by atoms with Crippen molar-refractivity contribution in [2.75, 3.05) is 19.9 Å². The Morgan fingerprint density at radius 1 is 1.40 bits per heavy atom. The first kappa shape index (κ1) is 13.5. The number of carbonyl (C=O) groups excluding carboxylic acids is 1. The van der Waals surface area contributed by atoms with E-state index in [0.29, 0.717) is 28.6 Å². The molecule has 1 fully saturated rings. The number of aliphatic hydroxyl groups is 1. The lowest BCUT2D eigenvalue weighted by Gasteiger charge is -2.14. The van der Waals surface area contributed by atoms with Gasteiger partial charge in [0.1, 0.15) is 0 Å². The lowest BCUT2D eigenvalue weighted by Crippen LogP contribution is -2.30. The zero-order valence-corrected chi connectivity index (χ0v) is 11.7. The minimum Gasteiger partial charge on any atom is -0.454 e. The number of amides is 1. The van der Waals surface area contributed by atoms with Crippen LogP contribution in [-0.2, 0) is 0 Å².